The van der Waals surface area contributed by atoms with Gasteiger partial charge in [0.1, 0.15) is 12.6 Å². The molecule has 0 atom stereocenters. The van der Waals surface area contributed by atoms with Crippen molar-refractivity contribution in [1.29, 1.82) is 0 Å². The summed E-state index contributed by atoms with van der Waals surface area (Å²) in [7, 11) is 3.78. The van der Waals surface area contributed by atoms with Crippen LogP contribution in [-0.2, 0) is 16.1 Å². The van der Waals surface area contributed by atoms with Gasteiger partial charge in [-0.1, -0.05) is 0 Å². The van der Waals surface area contributed by atoms with Crippen molar-refractivity contribution < 1.29 is 9.53 Å². The molecule has 0 radical (unpaired) electrons. The van der Waals surface area contributed by atoms with Gasteiger partial charge in [0, 0.05) is 38.4 Å². The van der Waals surface area contributed by atoms with E-state index in [4.69, 9.17) is 9.53 Å². The Morgan fingerprint density at radius 2 is 1.74 bits per heavy atom. The van der Waals surface area contributed by atoms with Gasteiger partial charge in [-0.05, 0) is 33.9 Å². The van der Waals surface area contributed by atoms with Gasteiger partial charge in [0.05, 0.1) is 5.60 Å². The number of likely N-dealkylation sites (N-methyl/N-ethyl adjacent to an activating group) is 1. The summed E-state index contributed by atoms with van der Waals surface area (Å²) in [5.74, 6) is 0.872. The third-order valence-corrected chi connectivity index (χ3v) is 2.85. The van der Waals surface area contributed by atoms with Crippen molar-refractivity contribution in [1.82, 2.24) is 9.88 Å². The monoisotopic (exact) mass is 325 g/mol. The second kappa shape index (κ2) is 12.6. The normalized spacial score (nSPS) is 13.3. The minimum atomic E-state index is -0.0456. The van der Waals surface area contributed by atoms with Crippen molar-refractivity contribution in [2.75, 3.05) is 32.6 Å². The number of anilines is 1. The van der Waals surface area contributed by atoms with Crippen LogP contribution in [-0.4, -0.2) is 49.5 Å². The number of nitrogens with zero attached hydrogens (tertiary/aromatic N) is 1. The molecule has 1 aromatic heterocycles. The number of pyridine rings is 1. The van der Waals surface area contributed by atoms with E-state index < -0.39 is 0 Å². The molecule has 0 unspecified atom stereocenters. The van der Waals surface area contributed by atoms with Gasteiger partial charge in [0.2, 0.25) is 5.56 Å². The second-order valence-electron chi connectivity index (χ2n) is 5.70. The lowest BCUT2D eigenvalue weighted by Crippen LogP contribution is -2.20. The number of ether oxygens (including phenoxy) is 1. The lowest BCUT2D eigenvalue weighted by Gasteiger charge is -2.14. The number of hydrogen-bond donors (Lipinski definition) is 2. The molecule has 1 aromatic rings. The first-order valence-electron chi connectivity index (χ1n) is 7.30. The Labute approximate surface area is 139 Å². The van der Waals surface area contributed by atoms with Gasteiger partial charge in [-0.25, -0.2) is 0 Å². The van der Waals surface area contributed by atoms with Crippen LogP contribution >= 0.6 is 0 Å². The van der Waals surface area contributed by atoms with Crippen molar-refractivity contribution >= 4 is 12.6 Å². The average molecular weight is 325 g/mol. The van der Waals surface area contributed by atoms with Crippen molar-refractivity contribution in [3.05, 3.63) is 41.2 Å². The Bertz CT molecular complexity index is 479. The molecule has 2 N–H and O–H groups in total. The molecule has 6 heteroatoms. The van der Waals surface area contributed by atoms with E-state index in [9.17, 15) is 4.79 Å². The van der Waals surface area contributed by atoms with Gasteiger partial charge < -0.3 is 24.7 Å². The first-order valence-corrected chi connectivity index (χ1v) is 7.30. The smallest absolute Gasteiger partial charge is 0.249 e. The van der Waals surface area contributed by atoms with Crippen LogP contribution < -0.4 is 10.9 Å². The van der Waals surface area contributed by atoms with Crippen LogP contribution in [0.15, 0.2) is 30.1 Å². The summed E-state index contributed by atoms with van der Waals surface area (Å²) in [6.07, 6.45) is 0. The number of aromatic amines is 1. The minimum Gasteiger partial charge on any atom is -0.379 e. The Balaban J connectivity index is 0. The van der Waals surface area contributed by atoms with Crippen LogP contribution in [0.3, 0.4) is 0 Å². The molecule has 2 heterocycles. The molecule has 0 aliphatic carbocycles. The summed E-state index contributed by atoms with van der Waals surface area (Å²) in [6.45, 7) is 16.8. The topological polar surface area (TPSA) is 74.4 Å². The first-order chi connectivity index (χ1) is 10.8. The van der Waals surface area contributed by atoms with Crippen LogP contribution in [0.25, 0.3) is 0 Å². The van der Waals surface area contributed by atoms with Gasteiger partial charge in [-0.2, -0.15) is 0 Å². The fourth-order valence-electron chi connectivity index (χ4n) is 1.54. The van der Waals surface area contributed by atoms with E-state index in [1.54, 1.807) is 13.2 Å². The number of H-pyrrole nitrogens is 1. The number of aromatic nitrogens is 1. The Kier molecular flexibility index (Phi) is 12.8. The fraction of sp³-hybridized carbons (Fsp3) is 0.529. The van der Waals surface area contributed by atoms with E-state index in [1.807, 2.05) is 33.6 Å². The number of carbonyl (C=O) groups is 1. The molecule has 1 aliphatic rings. The molecule has 0 fully saturated rings. The largest absolute Gasteiger partial charge is 0.379 e. The van der Waals surface area contributed by atoms with Crippen LogP contribution in [0.4, 0.5) is 5.82 Å². The zero-order chi connectivity index (χ0) is 18.5. The van der Waals surface area contributed by atoms with Gasteiger partial charge >= 0.3 is 0 Å². The van der Waals surface area contributed by atoms with Crippen molar-refractivity contribution in [3.63, 3.8) is 0 Å². The van der Waals surface area contributed by atoms with E-state index in [0.29, 0.717) is 0 Å². The summed E-state index contributed by atoms with van der Waals surface area (Å²) in [4.78, 5) is 24.0. The minimum absolute atomic E-state index is 0.0417. The zero-order valence-electron chi connectivity index (χ0n) is 15.1. The van der Waals surface area contributed by atoms with Crippen LogP contribution in [0.2, 0.25) is 0 Å². The molecule has 0 aromatic carbocycles. The van der Waals surface area contributed by atoms with Gasteiger partial charge in [-0.15, -0.1) is 13.2 Å². The molecule has 0 bridgehead atoms. The Hall–Kier alpha value is -1.92. The van der Waals surface area contributed by atoms with Gasteiger partial charge in [0.25, 0.3) is 0 Å². The van der Waals surface area contributed by atoms with Gasteiger partial charge in [-0.3, -0.25) is 4.79 Å². The first kappa shape index (κ1) is 23.3. The molecule has 0 spiro atoms. The molecule has 0 saturated heterocycles. The summed E-state index contributed by atoms with van der Waals surface area (Å²) in [6, 6.07) is 3.45. The highest BCUT2D eigenvalue weighted by atomic mass is 16.5. The molecular formula is C17H31N3O3. The van der Waals surface area contributed by atoms with Crippen molar-refractivity contribution in [2.45, 2.75) is 32.9 Å². The number of rotatable bonds is 0. The van der Waals surface area contributed by atoms with E-state index in [2.05, 4.69) is 35.4 Å². The highest BCUT2D eigenvalue weighted by Gasteiger charge is 2.10. The number of methoxy groups -OCH3 is 1. The maximum Gasteiger partial charge on any atom is 0.249 e. The molecule has 1 aliphatic heterocycles. The molecule has 0 saturated carbocycles. The highest BCUT2D eigenvalue weighted by Crippen LogP contribution is 2.14. The average Bonchev–Trinajstić information content (AvgIpc) is 2.71. The summed E-state index contributed by atoms with van der Waals surface area (Å²) in [5, 5.41) is 3.20. The molecule has 2 rings (SSSR count). The zero-order valence-corrected chi connectivity index (χ0v) is 15.1. The number of carbonyl (C=O) groups excluding carboxylic acids is 1. The Morgan fingerprint density at radius 3 is 2.22 bits per heavy atom. The quantitative estimate of drug-likeness (QED) is 0.716. The summed E-state index contributed by atoms with van der Waals surface area (Å²) in [5.41, 5.74) is 1.15. The van der Waals surface area contributed by atoms with E-state index in [-0.39, 0.29) is 11.2 Å². The van der Waals surface area contributed by atoms with Crippen molar-refractivity contribution in [3.8, 4) is 0 Å². The summed E-state index contributed by atoms with van der Waals surface area (Å²) >= 11 is 0. The van der Waals surface area contributed by atoms with Crippen molar-refractivity contribution in [2.24, 2.45) is 0 Å². The van der Waals surface area contributed by atoms with Gasteiger partial charge in [0.15, 0.2) is 0 Å². The maximum atomic E-state index is 11.0. The Morgan fingerprint density at radius 1 is 1.22 bits per heavy atom. The standard InChI is InChI=1S/C9H13N3O.C5H12O.C2H4.CH2O/c1-12-5-4-10-9-7(6-12)2-3-8(13)11-9;1-5(2,3)6-4;2*1-2/h2-3H,4-6H2,1H3,(H2,10,11,13);1-4H3;1-2H2;1H2. The predicted octanol–water partition coefficient (Wildman–Crippen LogP) is 2.28. The third-order valence-electron chi connectivity index (χ3n) is 2.85. The SMILES string of the molecule is C=C.C=O.CN1CCNc2[nH]c(=O)ccc2C1.COC(C)(C)C. The maximum absolute atomic E-state index is 11.0. The number of fused-ring (bicyclic) bond motifs is 1. The van der Waals surface area contributed by atoms with E-state index >= 15 is 0 Å². The third kappa shape index (κ3) is 11.3. The second-order valence-corrected chi connectivity index (χ2v) is 5.70. The predicted molar refractivity (Wildman–Crippen MR) is 97.0 cm³/mol. The lowest BCUT2D eigenvalue weighted by molar-refractivity contribution is -0.0979. The van der Waals surface area contributed by atoms with Crippen LogP contribution in [0.5, 0.6) is 0 Å². The molecule has 132 valence electrons. The molecule has 23 heavy (non-hydrogen) atoms. The molecular weight excluding hydrogens is 294 g/mol. The number of nitrogens with one attached hydrogen (secondary N) is 2. The van der Waals surface area contributed by atoms with E-state index in [1.165, 1.54) is 0 Å². The van der Waals surface area contributed by atoms with E-state index in [0.717, 1.165) is 31.0 Å². The highest BCUT2D eigenvalue weighted by molar-refractivity contribution is 5.44. The fourth-order valence-corrected chi connectivity index (χ4v) is 1.54. The van der Waals surface area contributed by atoms with Crippen LogP contribution in [0, 0.1) is 0 Å². The lowest BCUT2D eigenvalue weighted by atomic mass is 10.2. The number of hydrogen-bond acceptors (Lipinski definition) is 5. The molecule has 6 nitrogen and oxygen atoms in total. The summed E-state index contributed by atoms with van der Waals surface area (Å²) < 4.78 is 4.94. The molecule has 0 amide bonds. The van der Waals surface area contributed by atoms with Crippen LogP contribution in [0.1, 0.15) is 26.3 Å².